The highest BCUT2D eigenvalue weighted by molar-refractivity contribution is 7.97. The summed E-state index contributed by atoms with van der Waals surface area (Å²) in [5, 5.41) is 2.72. The fraction of sp³-hybridized carbons (Fsp3) is 0.0625. The van der Waals surface area contributed by atoms with E-state index in [-0.39, 0.29) is 16.6 Å². The molecular formula is C32H27O5P. The Labute approximate surface area is 222 Å². The van der Waals surface area contributed by atoms with E-state index in [0.29, 0.717) is 5.56 Å². The van der Waals surface area contributed by atoms with Gasteiger partial charge in [0.15, 0.2) is 5.78 Å². The molecule has 0 fully saturated rings. The molecule has 0 aliphatic heterocycles. The molecule has 4 aromatic carbocycles. The third-order valence-corrected chi connectivity index (χ3v) is 10.5. The second-order valence-corrected chi connectivity index (χ2v) is 11.6. The average Bonchev–Trinajstić information content (AvgIpc) is 3.00. The third kappa shape index (κ3) is 5.15. The van der Waals surface area contributed by atoms with Crippen molar-refractivity contribution in [2.45, 2.75) is 0 Å². The van der Waals surface area contributed by atoms with Crippen LogP contribution in [0.25, 0.3) is 0 Å². The van der Waals surface area contributed by atoms with Crippen molar-refractivity contribution in [3.05, 3.63) is 139 Å². The molecule has 0 aliphatic carbocycles. The van der Waals surface area contributed by atoms with Gasteiger partial charge in [0.2, 0.25) is 0 Å². The highest BCUT2D eigenvalue weighted by atomic mass is 31.2. The number of hydrogen-bond donors (Lipinski definition) is 0. The zero-order chi connectivity index (χ0) is 27.0. The fourth-order valence-electron chi connectivity index (χ4n) is 4.48. The van der Waals surface area contributed by atoms with E-state index in [1.807, 2.05) is 97.1 Å². The highest BCUT2D eigenvalue weighted by Gasteiger charge is 2.38. The Kier molecular flexibility index (Phi) is 8.52. The molecule has 190 valence electrons. The second kappa shape index (κ2) is 12.2. The summed E-state index contributed by atoms with van der Waals surface area (Å²) in [6.45, 7) is -3.08. The second-order valence-electron chi connectivity index (χ2n) is 8.29. The molecule has 0 heterocycles. The molecule has 0 spiro atoms. The van der Waals surface area contributed by atoms with Crippen molar-refractivity contribution in [2.75, 3.05) is 14.2 Å². The maximum absolute atomic E-state index is 14.6. The van der Waals surface area contributed by atoms with Crippen LogP contribution in [-0.4, -0.2) is 37.2 Å². The van der Waals surface area contributed by atoms with Crippen molar-refractivity contribution in [3.63, 3.8) is 0 Å². The minimum atomic E-state index is -3.08. The molecule has 0 aromatic heterocycles. The fourth-order valence-corrected chi connectivity index (χ4v) is 8.96. The van der Waals surface area contributed by atoms with Crippen LogP contribution in [0, 0.1) is 0 Å². The van der Waals surface area contributed by atoms with Crippen LogP contribution in [0.2, 0.25) is 0 Å². The number of Topliss-reactive ketones (excluding diaryl/α,β-unsaturated/α-hetero) is 1. The van der Waals surface area contributed by atoms with Gasteiger partial charge in [0.25, 0.3) is 0 Å². The largest absolute Gasteiger partial charge is 0.466 e. The zero-order valence-electron chi connectivity index (χ0n) is 21.1. The van der Waals surface area contributed by atoms with Gasteiger partial charge in [-0.05, 0) is 22.8 Å². The van der Waals surface area contributed by atoms with E-state index in [1.54, 1.807) is 24.3 Å². The predicted octanol–water partition coefficient (Wildman–Crippen LogP) is 4.31. The lowest BCUT2D eigenvalue weighted by atomic mass is 10.0. The highest BCUT2D eigenvalue weighted by Crippen LogP contribution is 2.48. The summed E-state index contributed by atoms with van der Waals surface area (Å²) in [4.78, 5) is 40.7. The number of ketones is 1. The number of ether oxygens (including phenoxy) is 2. The van der Waals surface area contributed by atoms with E-state index in [4.69, 9.17) is 9.47 Å². The average molecular weight is 523 g/mol. The molecule has 38 heavy (non-hydrogen) atoms. The monoisotopic (exact) mass is 522 g/mol. The van der Waals surface area contributed by atoms with Gasteiger partial charge in [-0.3, -0.25) is 4.79 Å². The molecule has 0 atom stereocenters. The van der Waals surface area contributed by atoms with E-state index in [9.17, 15) is 14.4 Å². The summed E-state index contributed by atoms with van der Waals surface area (Å²) in [5.41, 5.74) is 0.243. The van der Waals surface area contributed by atoms with Crippen LogP contribution in [0.1, 0.15) is 10.4 Å². The van der Waals surface area contributed by atoms with Crippen LogP contribution in [-0.2, 0) is 19.1 Å². The number of carbonyl (C=O) groups excluding carboxylic acids is 3. The lowest BCUT2D eigenvalue weighted by Gasteiger charge is -2.33. The first-order chi connectivity index (χ1) is 18.5. The van der Waals surface area contributed by atoms with Gasteiger partial charge in [0.05, 0.1) is 19.8 Å². The molecule has 0 bridgehead atoms. The maximum atomic E-state index is 14.6. The first kappa shape index (κ1) is 26.6. The molecule has 0 saturated heterocycles. The lowest BCUT2D eigenvalue weighted by molar-refractivity contribution is -0.138. The number of rotatable bonds is 8. The van der Waals surface area contributed by atoms with Crippen molar-refractivity contribution in [1.29, 1.82) is 0 Å². The number of carbonyl (C=O) groups is 3. The Balaban J connectivity index is 2.37. The molecule has 4 aromatic rings. The minimum absolute atomic E-state index is 0.141. The normalized spacial score (nSPS) is 11.4. The molecule has 5 nitrogen and oxygen atoms in total. The minimum Gasteiger partial charge on any atom is -0.466 e. The first-order valence-corrected chi connectivity index (χ1v) is 13.7. The topological polar surface area (TPSA) is 69.7 Å². The lowest BCUT2D eigenvalue weighted by Crippen LogP contribution is -2.36. The van der Waals surface area contributed by atoms with Crippen LogP contribution < -0.4 is 15.9 Å². The van der Waals surface area contributed by atoms with E-state index in [1.165, 1.54) is 14.2 Å². The molecular weight excluding hydrogens is 495 g/mol. The Morgan fingerprint density at radius 1 is 0.579 bits per heavy atom. The molecule has 0 radical (unpaired) electrons. The van der Waals surface area contributed by atoms with Crippen molar-refractivity contribution < 1.29 is 23.9 Å². The van der Waals surface area contributed by atoms with Gasteiger partial charge in [-0.2, -0.15) is 0 Å². The number of esters is 2. The molecule has 0 amide bonds. The number of hydrogen-bond acceptors (Lipinski definition) is 5. The van der Waals surface area contributed by atoms with Gasteiger partial charge < -0.3 is 9.47 Å². The summed E-state index contributed by atoms with van der Waals surface area (Å²) in [7, 11) is 2.45. The summed E-state index contributed by atoms with van der Waals surface area (Å²) in [6.07, 6.45) is 1.06. The van der Waals surface area contributed by atoms with Crippen LogP contribution in [0.15, 0.2) is 133 Å². The molecule has 0 saturated carbocycles. The number of benzene rings is 4. The van der Waals surface area contributed by atoms with Gasteiger partial charge in [-0.25, -0.2) is 9.59 Å². The first-order valence-electron chi connectivity index (χ1n) is 12.0. The van der Waals surface area contributed by atoms with Crippen molar-refractivity contribution in [3.8, 4) is 0 Å². The SMILES string of the molecule is COC(=O)C=C(C(=O)OC)C(C(=O)c1ccccc1)=P(c1ccccc1)(c1ccccc1)c1ccccc1. The van der Waals surface area contributed by atoms with Gasteiger partial charge in [-0.1, -0.05) is 121 Å². The quantitative estimate of drug-likeness (QED) is 0.149. The summed E-state index contributed by atoms with van der Waals surface area (Å²) >= 11 is 0. The third-order valence-electron chi connectivity index (χ3n) is 6.14. The Morgan fingerprint density at radius 2 is 0.974 bits per heavy atom. The molecule has 0 unspecified atom stereocenters. The predicted molar refractivity (Wildman–Crippen MR) is 153 cm³/mol. The summed E-state index contributed by atoms with van der Waals surface area (Å²) in [6, 6.07) is 37.6. The summed E-state index contributed by atoms with van der Waals surface area (Å²) < 4.78 is 10.1. The van der Waals surface area contributed by atoms with Crippen LogP contribution in [0.5, 0.6) is 0 Å². The van der Waals surface area contributed by atoms with Crippen molar-refractivity contribution in [2.24, 2.45) is 0 Å². The van der Waals surface area contributed by atoms with Gasteiger partial charge in [0.1, 0.15) is 0 Å². The number of methoxy groups -OCH3 is 2. The van der Waals surface area contributed by atoms with E-state index >= 15 is 0 Å². The Hall–Kier alpha value is -4.47. The summed E-state index contributed by atoms with van der Waals surface area (Å²) in [5.74, 6) is -1.95. The molecule has 6 heteroatoms. The van der Waals surface area contributed by atoms with Crippen LogP contribution in [0.3, 0.4) is 0 Å². The Bertz CT molecular complexity index is 1410. The van der Waals surface area contributed by atoms with Crippen molar-refractivity contribution in [1.82, 2.24) is 0 Å². The van der Waals surface area contributed by atoms with E-state index in [0.717, 1.165) is 22.0 Å². The van der Waals surface area contributed by atoms with E-state index < -0.39 is 18.8 Å². The van der Waals surface area contributed by atoms with Gasteiger partial charge in [0, 0.05) is 16.9 Å². The van der Waals surface area contributed by atoms with Crippen LogP contribution >= 0.6 is 6.89 Å². The zero-order valence-corrected chi connectivity index (χ0v) is 22.0. The standard InChI is InChI=1S/C32H27O5P/c1-36-29(33)23-28(32(35)37-2)31(30(34)24-15-7-3-8-16-24)38(25-17-9-4-10-18-25,26-19-11-5-12-20-26)27-21-13-6-14-22-27/h3-23H,1-2H3. The molecule has 4 rings (SSSR count). The van der Waals surface area contributed by atoms with E-state index in [2.05, 4.69) is 0 Å². The van der Waals surface area contributed by atoms with Crippen LogP contribution in [0.4, 0.5) is 0 Å². The van der Waals surface area contributed by atoms with Gasteiger partial charge in [-0.15, -0.1) is 0 Å². The molecule has 0 aliphatic rings. The van der Waals surface area contributed by atoms with Crippen molar-refractivity contribution >= 4 is 45.8 Å². The molecule has 0 N–H and O–H groups in total. The smallest absolute Gasteiger partial charge is 0.338 e. The Morgan fingerprint density at radius 3 is 1.34 bits per heavy atom. The van der Waals surface area contributed by atoms with Gasteiger partial charge >= 0.3 is 11.9 Å². The maximum Gasteiger partial charge on any atom is 0.338 e.